The molecule has 0 unspecified atom stereocenters. The molecule has 2 aromatic heterocycles. The number of fused-ring (bicyclic) bond motifs is 1. The van der Waals surface area contributed by atoms with E-state index < -0.39 is 0 Å². The lowest BCUT2D eigenvalue weighted by Gasteiger charge is -2.34. The van der Waals surface area contributed by atoms with Crippen molar-refractivity contribution in [3.63, 3.8) is 0 Å². The normalized spacial score (nSPS) is 14.7. The van der Waals surface area contributed by atoms with Gasteiger partial charge in [0.1, 0.15) is 11.5 Å². The first-order valence-electron chi connectivity index (χ1n) is 12.4. The summed E-state index contributed by atoms with van der Waals surface area (Å²) >= 11 is 0. The molecule has 0 atom stereocenters. The number of carbonyl (C=O) groups is 1. The molecule has 1 fully saturated rings. The lowest BCUT2D eigenvalue weighted by molar-refractivity contribution is -0.132. The summed E-state index contributed by atoms with van der Waals surface area (Å²) in [6.45, 7) is 7.76. The molecule has 6 heteroatoms. The second kappa shape index (κ2) is 10.5. The van der Waals surface area contributed by atoms with Crippen LogP contribution >= 0.6 is 0 Å². The van der Waals surface area contributed by atoms with Gasteiger partial charge in [-0.05, 0) is 54.8 Å². The predicted octanol–water partition coefficient (Wildman–Crippen LogP) is 5.16. The summed E-state index contributed by atoms with van der Waals surface area (Å²) in [5, 5.41) is 0. The largest absolute Gasteiger partial charge is 0.340 e. The standard InChI is InChI=1S/C30H31FN4O/c1-22-10-13-28-32-30(25-11-12-26(31)23(2)19-25)27(35(28)21-22)20-29(36)34-17-15-33(16-18-34)14-6-9-24-7-4-3-5-8-24/h3-13,19,21H,14-18,20H2,1-2H3/b9-6+. The molecule has 5 nitrogen and oxygen atoms in total. The molecule has 1 saturated heterocycles. The zero-order valence-electron chi connectivity index (χ0n) is 20.8. The third-order valence-electron chi connectivity index (χ3n) is 6.81. The maximum Gasteiger partial charge on any atom is 0.228 e. The van der Waals surface area contributed by atoms with E-state index in [-0.39, 0.29) is 18.1 Å². The van der Waals surface area contributed by atoms with Crippen molar-refractivity contribution in [2.24, 2.45) is 0 Å². The Labute approximate surface area is 211 Å². The van der Waals surface area contributed by atoms with Crippen molar-refractivity contribution in [2.45, 2.75) is 20.3 Å². The summed E-state index contributed by atoms with van der Waals surface area (Å²) in [4.78, 5) is 22.5. The van der Waals surface area contributed by atoms with Gasteiger partial charge in [0.2, 0.25) is 5.91 Å². The van der Waals surface area contributed by atoms with Crippen LogP contribution in [0.4, 0.5) is 4.39 Å². The van der Waals surface area contributed by atoms with Crippen LogP contribution in [-0.4, -0.2) is 57.8 Å². The maximum atomic E-state index is 13.9. The van der Waals surface area contributed by atoms with Crippen LogP contribution in [0.15, 0.2) is 72.9 Å². The zero-order chi connectivity index (χ0) is 25.1. The number of halogens is 1. The molecule has 3 heterocycles. The average molecular weight is 483 g/mol. The number of carbonyl (C=O) groups excluding carboxylic acids is 1. The van der Waals surface area contributed by atoms with E-state index in [1.807, 2.05) is 52.8 Å². The minimum atomic E-state index is -0.243. The molecule has 2 aromatic carbocycles. The second-order valence-electron chi connectivity index (χ2n) is 9.48. The summed E-state index contributed by atoms with van der Waals surface area (Å²) in [6.07, 6.45) is 6.60. The van der Waals surface area contributed by atoms with E-state index in [0.717, 1.165) is 47.8 Å². The molecule has 36 heavy (non-hydrogen) atoms. The smallest absolute Gasteiger partial charge is 0.228 e. The number of imidazole rings is 1. The number of hydrogen-bond donors (Lipinski definition) is 0. The van der Waals surface area contributed by atoms with Gasteiger partial charge in [0.05, 0.1) is 17.8 Å². The van der Waals surface area contributed by atoms with Crippen LogP contribution in [0.3, 0.4) is 0 Å². The summed E-state index contributed by atoms with van der Waals surface area (Å²) in [5.41, 5.74) is 6.05. The quantitative estimate of drug-likeness (QED) is 0.381. The third kappa shape index (κ3) is 5.24. The highest BCUT2D eigenvalue weighted by Gasteiger charge is 2.24. The number of benzene rings is 2. The Morgan fingerprint density at radius 3 is 2.53 bits per heavy atom. The SMILES string of the molecule is Cc1ccc2nc(-c3ccc(F)c(C)c3)c(CC(=O)N3CCN(C/C=C/c4ccccc4)CC3)n2c1. The molecule has 0 spiro atoms. The van der Waals surface area contributed by atoms with Crippen molar-refractivity contribution < 1.29 is 9.18 Å². The van der Waals surface area contributed by atoms with Crippen LogP contribution < -0.4 is 0 Å². The average Bonchev–Trinajstić information content (AvgIpc) is 3.24. The van der Waals surface area contributed by atoms with Crippen LogP contribution in [-0.2, 0) is 11.2 Å². The summed E-state index contributed by atoms with van der Waals surface area (Å²) < 4.78 is 15.9. The fourth-order valence-electron chi connectivity index (χ4n) is 4.73. The van der Waals surface area contributed by atoms with E-state index >= 15 is 0 Å². The molecule has 0 saturated carbocycles. The molecule has 0 N–H and O–H groups in total. The Bertz CT molecular complexity index is 1400. The van der Waals surface area contributed by atoms with Gasteiger partial charge in [-0.25, -0.2) is 9.37 Å². The highest BCUT2D eigenvalue weighted by molar-refractivity contribution is 5.82. The van der Waals surface area contributed by atoms with Gasteiger partial charge < -0.3 is 9.30 Å². The molecule has 184 valence electrons. The van der Waals surface area contributed by atoms with Crippen molar-refractivity contribution in [3.05, 3.63) is 101 Å². The lowest BCUT2D eigenvalue weighted by atomic mass is 10.1. The fraction of sp³-hybridized carbons (Fsp3) is 0.267. The summed E-state index contributed by atoms with van der Waals surface area (Å²) in [6, 6.07) is 19.3. The third-order valence-corrected chi connectivity index (χ3v) is 6.81. The highest BCUT2D eigenvalue weighted by Crippen LogP contribution is 2.27. The van der Waals surface area contributed by atoms with Crippen LogP contribution in [0.1, 0.15) is 22.4 Å². The Morgan fingerprint density at radius 2 is 1.78 bits per heavy atom. The van der Waals surface area contributed by atoms with Gasteiger partial charge in [0, 0.05) is 44.5 Å². The minimum absolute atomic E-state index is 0.0952. The van der Waals surface area contributed by atoms with Crippen molar-refractivity contribution >= 4 is 17.6 Å². The first kappa shape index (κ1) is 23.9. The van der Waals surface area contributed by atoms with E-state index in [2.05, 4.69) is 29.2 Å². The molecule has 4 aromatic rings. The molecule has 1 amide bonds. The number of amides is 1. The van der Waals surface area contributed by atoms with Crippen molar-refractivity contribution in [3.8, 4) is 11.3 Å². The number of piperazine rings is 1. The van der Waals surface area contributed by atoms with Gasteiger partial charge in [0.15, 0.2) is 0 Å². The van der Waals surface area contributed by atoms with Crippen LogP contribution in [0.5, 0.6) is 0 Å². The van der Waals surface area contributed by atoms with Crippen molar-refractivity contribution in [2.75, 3.05) is 32.7 Å². The summed E-state index contributed by atoms with van der Waals surface area (Å²) in [7, 11) is 0. The molecule has 1 aliphatic heterocycles. The first-order chi connectivity index (χ1) is 17.5. The first-order valence-corrected chi connectivity index (χ1v) is 12.4. The number of pyridine rings is 1. The highest BCUT2D eigenvalue weighted by atomic mass is 19.1. The van der Waals surface area contributed by atoms with Crippen molar-refractivity contribution in [1.82, 2.24) is 19.2 Å². The molecule has 1 aliphatic rings. The molecular formula is C30H31FN4O. The molecule has 0 bridgehead atoms. The molecule has 0 aliphatic carbocycles. The van der Waals surface area contributed by atoms with Gasteiger partial charge in [-0.1, -0.05) is 48.6 Å². The predicted molar refractivity (Wildman–Crippen MR) is 142 cm³/mol. The number of rotatable bonds is 6. The van der Waals surface area contributed by atoms with E-state index in [1.165, 1.54) is 11.6 Å². The second-order valence-corrected chi connectivity index (χ2v) is 9.48. The van der Waals surface area contributed by atoms with Gasteiger partial charge in [0.25, 0.3) is 0 Å². The van der Waals surface area contributed by atoms with Crippen LogP contribution in [0, 0.1) is 19.7 Å². The molecule has 5 rings (SSSR count). The zero-order valence-corrected chi connectivity index (χ0v) is 20.8. The van der Waals surface area contributed by atoms with Crippen molar-refractivity contribution in [1.29, 1.82) is 0 Å². The summed E-state index contributed by atoms with van der Waals surface area (Å²) in [5.74, 6) is -0.148. The Morgan fingerprint density at radius 1 is 1.00 bits per heavy atom. The van der Waals surface area contributed by atoms with E-state index in [9.17, 15) is 9.18 Å². The molecule has 0 radical (unpaired) electrons. The Balaban J connectivity index is 1.29. The van der Waals surface area contributed by atoms with Crippen LogP contribution in [0.2, 0.25) is 0 Å². The van der Waals surface area contributed by atoms with Gasteiger partial charge in [-0.2, -0.15) is 0 Å². The van der Waals surface area contributed by atoms with E-state index in [0.29, 0.717) is 18.7 Å². The molecular weight excluding hydrogens is 451 g/mol. The van der Waals surface area contributed by atoms with Gasteiger partial charge >= 0.3 is 0 Å². The van der Waals surface area contributed by atoms with Gasteiger partial charge in [-0.3, -0.25) is 9.69 Å². The van der Waals surface area contributed by atoms with Gasteiger partial charge in [-0.15, -0.1) is 0 Å². The maximum absolute atomic E-state index is 13.9. The number of aromatic nitrogens is 2. The fourth-order valence-corrected chi connectivity index (χ4v) is 4.73. The Kier molecular flexibility index (Phi) is 6.96. The number of nitrogens with zero attached hydrogens (tertiary/aromatic N) is 4. The Hall–Kier alpha value is -3.77. The number of aryl methyl sites for hydroxylation is 2. The van der Waals surface area contributed by atoms with E-state index in [4.69, 9.17) is 4.98 Å². The number of hydrogen-bond acceptors (Lipinski definition) is 3. The monoisotopic (exact) mass is 482 g/mol. The van der Waals surface area contributed by atoms with Crippen LogP contribution in [0.25, 0.3) is 23.0 Å². The topological polar surface area (TPSA) is 40.9 Å². The van der Waals surface area contributed by atoms with E-state index in [1.54, 1.807) is 19.1 Å². The lowest BCUT2D eigenvalue weighted by Crippen LogP contribution is -2.49. The minimum Gasteiger partial charge on any atom is -0.340 e.